The molecule has 2 aromatic rings. The first kappa shape index (κ1) is 13.2. The Morgan fingerprint density at radius 2 is 2.20 bits per heavy atom. The van der Waals surface area contributed by atoms with Gasteiger partial charge in [0.1, 0.15) is 5.69 Å². The molecule has 0 radical (unpaired) electrons. The predicted octanol–water partition coefficient (Wildman–Crippen LogP) is 2.38. The van der Waals surface area contributed by atoms with Crippen LogP contribution >= 0.6 is 0 Å². The Labute approximate surface area is 118 Å². The monoisotopic (exact) mass is 273 g/mol. The number of piperidine rings is 1. The van der Waals surface area contributed by atoms with Gasteiger partial charge in [-0.05, 0) is 45.0 Å². The molecule has 6 heteroatoms. The van der Waals surface area contributed by atoms with Crippen LogP contribution < -0.4 is 0 Å². The van der Waals surface area contributed by atoms with Crippen molar-refractivity contribution >= 4 is 0 Å². The highest BCUT2D eigenvalue weighted by molar-refractivity contribution is 5.46. The Bertz CT molecular complexity index is 565. The smallest absolute Gasteiger partial charge is 0.244 e. The summed E-state index contributed by atoms with van der Waals surface area (Å²) in [6.07, 6.45) is 3.53. The van der Waals surface area contributed by atoms with E-state index >= 15 is 0 Å². The van der Waals surface area contributed by atoms with Gasteiger partial charge in [0.15, 0.2) is 0 Å². The number of nitrogens with zero attached hydrogens (tertiary/aromatic N) is 5. The summed E-state index contributed by atoms with van der Waals surface area (Å²) in [5, 5.41) is 12.2. The third-order valence-electron chi connectivity index (χ3n) is 3.77. The first-order chi connectivity index (χ1) is 9.78. The van der Waals surface area contributed by atoms with Crippen molar-refractivity contribution in [3.05, 3.63) is 23.7 Å². The highest BCUT2D eigenvalue weighted by Crippen LogP contribution is 2.30. The summed E-state index contributed by atoms with van der Waals surface area (Å²) < 4.78 is 5.45. The minimum Gasteiger partial charge on any atom is -0.337 e. The van der Waals surface area contributed by atoms with E-state index in [4.69, 9.17) is 4.52 Å². The van der Waals surface area contributed by atoms with Crippen LogP contribution in [0.25, 0.3) is 11.5 Å². The summed E-state index contributed by atoms with van der Waals surface area (Å²) >= 11 is 0. The van der Waals surface area contributed by atoms with Crippen molar-refractivity contribution in [2.45, 2.75) is 39.2 Å². The van der Waals surface area contributed by atoms with Crippen LogP contribution in [0.2, 0.25) is 0 Å². The molecular weight excluding hydrogens is 254 g/mol. The maximum absolute atomic E-state index is 5.45. The average molecular weight is 273 g/mol. The molecule has 1 fully saturated rings. The molecule has 0 amide bonds. The fourth-order valence-corrected chi connectivity index (χ4v) is 2.64. The fraction of sp³-hybridized carbons (Fsp3) is 0.571. The van der Waals surface area contributed by atoms with Gasteiger partial charge in [-0.3, -0.25) is 4.90 Å². The molecule has 0 spiro atoms. The second-order valence-electron chi connectivity index (χ2n) is 5.16. The molecule has 0 N–H and O–H groups in total. The highest BCUT2D eigenvalue weighted by atomic mass is 16.5. The molecule has 20 heavy (non-hydrogen) atoms. The normalized spacial score (nSPS) is 20.2. The van der Waals surface area contributed by atoms with Crippen molar-refractivity contribution in [3.8, 4) is 11.5 Å². The molecule has 1 aliphatic rings. The van der Waals surface area contributed by atoms with Crippen LogP contribution in [-0.2, 0) is 0 Å². The quantitative estimate of drug-likeness (QED) is 0.855. The van der Waals surface area contributed by atoms with E-state index in [0.29, 0.717) is 17.4 Å². The molecule has 0 bridgehead atoms. The molecule has 1 saturated heterocycles. The van der Waals surface area contributed by atoms with Crippen molar-refractivity contribution < 1.29 is 4.52 Å². The van der Waals surface area contributed by atoms with E-state index in [1.807, 2.05) is 19.1 Å². The van der Waals surface area contributed by atoms with Gasteiger partial charge in [0.25, 0.3) is 0 Å². The molecule has 3 rings (SSSR count). The highest BCUT2D eigenvalue weighted by Gasteiger charge is 2.27. The third-order valence-corrected chi connectivity index (χ3v) is 3.77. The molecule has 3 heterocycles. The molecule has 0 aliphatic carbocycles. The summed E-state index contributed by atoms with van der Waals surface area (Å²) in [4.78, 5) is 6.90. The molecule has 0 aromatic carbocycles. The van der Waals surface area contributed by atoms with Crippen LogP contribution in [0.1, 0.15) is 43.8 Å². The van der Waals surface area contributed by atoms with Gasteiger partial charge in [-0.25, -0.2) is 0 Å². The number of hydrogen-bond donors (Lipinski definition) is 0. The molecular formula is C14H19N5O. The lowest BCUT2D eigenvalue weighted by molar-refractivity contribution is 0.125. The number of aromatic nitrogens is 4. The predicted molar refractivity (Wildman–Crippen MR) is 73.9 cm³/mol. The van der Waals surface area contributed by atoms with Gasteiger partial charge in [0, 0.05) is 0 Å². The number of aryl methyl sites for hydroxylation is 1. The lowest BCUT2D eigenvalue weighted by Crippen LogP contribution is -2.33. The van der Waals surface area contributed by atoms with Gasteiger partial charge in [0.2, 0.25) is 11.7 Å². The van der Waals surface area contributed by atoms with Gasteiger partial charge in [-0.2, -0.15) is 10.1 Å². The van der Waals surface area contributed by atoms with E-state index in [-0.39, 0.29) is 6.04 Å². The molecule has 1 aliphatic heterocycles. The zero-order chi connectivity index (χ0) is 13.9. The first-order valence-electron chi connectivity index (χ1n) is 7.16. The second kappa shape index (κ2) is 5.66. The van der Waals surface area contributed by atoms with Gasteiger partial charge < -0.3 is 4.52 Å². The zero-order valence-corrected chi connectivity index (χ0v) is 11.9. The van der Waals surface area contributed by atoms with Crippen LogP contribution in [0, 0.1) is 6.92 Å². The third kappa shape index (κ3) is 2.56. The van der Waals surface area contributed by atoms with Crippen LogP contribution in [-0.4, -0.2) is 38.3 Å². The molecule has 0 saturated carbocycles. The first-order valence-corrected chi connectivity index (χ1v) is 7.16. The van der Waals surface area contributed by atoms with E-state index in [1.165, 1.54) is 12.8 Å². The number of likely N-dealkylation sites (tertiary alicyclic amines) is 1. The Kier molecular flexibility index (Phi) is 3.73. The summed E-state index contributed by atoms with van der Waals surface area (Å²) in [6.45, 7) is 6.18. The van der Waals surface area contributed by atoms with Crippen LogP contribution in [0.3, 0.4) is 0 Å². The molecule has 106 valence electrons. The van der Waals surface area contributed by atoms with Gasteiger partial charge in [-0.1, -0.05) is 18.5 Å². The van der Waals surface area contributed by atoms with Crippen LogP contribution in [0.15, 0.2) is 16.7 Å². The van der Waals surface area contributed by atoms with E-state index in [9.17, 15) is 0 Å². The van der Waals surface area contributed by atoms with Crippen LogP contribution in [0.5, 0.6) is 0 Å². The topological polar surface area (TPSA) is 67.9 Å². The lowest BCUT2D eigenvalue weighted by atomic mass is 10.0. The van der Waals surface area contributed by atoms with E-state index in [0.717, 1.165) is 25.2 Å². The summed E-state index contributed by atoms with van der Waals surface area (Å²) in [5.41, 5.74) is 1.53. The van der Waals surface area contributed by atoms with Crippen LogP contribution in [0.4, 0.5) is 0 Å². The molecule has 1 unspecified atom stereocenters. The van der Waals surface area contributed by atoms with Crippen molar-refractivity contribution in [1.29, 1.82) is 0 Å². The molecule has 6 nitrogen and oxygen atoms in total. The van der Waals surface area contributed by atoms with Crippen molar-refractivity contribution in [2.75, 3.05) is 13.1 Å². The Balaban J connectivity index is 1.84. The Morgan fingerprint density at radius 1 is 1.30 bits per heavy atom. The minimum absolute atomic E-state index is 0.244. The zero-order valence-electron chi connectivity index (χ0n) is 11.9. The van der Waals surface area contributed by atoms with Gasteiger partial charge >= 0.3 is 0 Å². The standard InChI is InChI=1S/C14H19N5O/c1-3-19-9-5-4-6-12(19)14-15-13(18-20-14)11-8-7-10(2)16-17-11/h7-8,12H,3-6,9H2,1-2H3. The maximum Gasteiger partial charge on any atom is 0.244 e. The molecule has 1 atom stereocenters. The summed E-state index contributed by atoms with van der Waals surface area (Å²) in [5.74, 6) is 1.22. The van der Waals surface area contributed by atoms with Gasteiger partial charge in [0.05, 0.1) is 11.7 Å². The van der Waals surface area contributed by atoms with Crippen molar-refractivity contribution in [1.82, 2.24) is 25.2 Å². The largest absolute Gasteiger partial charge is 0.337 e. The average Bonchev–Trinajstić information content (AvgIpc) is 2.97. The van der Waals surface area contributed by atoms with Crippen molar-refractivity contribution in [3.63, 3.8) is 0 Å². The molecule has 2 aromatic heterocycles. The van der Waals surface area contributed by atoms with E-state index < -0.39 is 0 Å². The summed E-state index contributed by atoms with van der Waals surface area (Å²) in [6, 6.07) is 4.01. The number of rotatable bonds is 3. The minimum atomic E-state index is 0.244. The lowest BCUT2D eigenvalue weighted by Gasteiger charge is -2.32. The van der Waals surface area contributed by atoms with E-state index in [2.05, 4.69) is 32.2 Å². The van der Waals surface area contributed by atoms with E-state index in [1.54, 1.807) is 0 Å². The fourth-order valence-electron chi connectivity index (χ4n) is 2.64. The maximum atomic E-state index is 5.45. The number of hydrogen-bond acceptors (Lipinski definition) is 6. The Morgan fingerprint density at radius 3 is 2.95 bits per heavy atom. The SMILES string of the molecule is CCN1CCCCC1c1nc(-c2ccc(C)nn2)no1. The van der Waals surface area contributed by atoms with Gasteiger partial charge in [-0.15, -0.1) is 5.10 Å². The summed E-state index contributed by atoms with van der Waals surface area (Å²) in [7, 11) is 0. The van der Waals surface area contributed by atoms with Crippen molar-refractivity contribution in [2.24, 2.45) is 0 Å². The Hall–Kier alpha value is -1.82. The second-order valence-corrected chi connectivity index (χ2v) is 5.16.